The van der Waals surface area contributed by atoms with E-state index in [1.807, 2.05) is 12.1 Å². The second-order valence-electron chi connectivity index (χ2n) is 3.63. The summed E-state index contributed by atoms with van der Waals surface area (Å²) in [6, 6.07) is 17.8. The third-order valence-corrected chi connectivity index (χ3v) is 2.37. The Morgan fingerprint density at radius 3 is 2.28 bits per heavy atom. The molecule has 0 aliphatic heterocycles. The lowest BCUT2D eigenvalue weighted by molar-refractivity contribution is 0.0962. The monoisotopic (exact) mass is 237 g/mol. The third-order valence-electron chi connectivity index (χ3n) is 2.37. The zero-order valence-electron chi connectivity index (χ0n) is 9.55. The van der Waals surface area contributed by atoms with Crippen molar-refractivity contribution in [2.45, 2.75) is 0 Å². The number of carbonyl (C=O) groups excluding carboxylic acids is 1. The molecule has 18 heavy (non-hydrogen) atoms. The maximum absolute atomic E-state index is 11.7. The van der Waals surface area contributed by atoms with Gasteiger partial charge in [0.25, 0.3) is 5.91 Å². The van der Waals surface area contributed by atoms with Crippen molar-refractivity contribution >= 4 is 11.6 Å². The summed E-state index contributed by atoms with van der Waals surface area (Å²) >= 11 is 0. The highest BCUT2D eigenvalue weighted by Gasteiger charge is 2.02. The number of nitrogens with one attached hydrogen (secondary N) is 2. The lowest BCUT2D eigenvalue weighted by Gasteiger charge is -2.08. The predicted octanol–water partition coefficient (Wildman–Crippen LogP) is 2.32. The molecule has 4 heteroatoms. The molecule has 0 aromatic heterocycles. The van der Waals surface area contributed by atoms with E-state index in [4.69, 9.17) is 5.26 Å². The second-order valence-corrected chi connectivity index (χ2v) is 3.63. The molecule has 0 unspecified atom stereocenters. The summed E-state index contributed by atoms with van der Waals surface area (Å²) in [4.78, 5) is 11.7. The van der Waals surface area contributed by atoms with E-state index < -0.39 is 0 Å². The van der Waals surface area contributed by atoms with E-state index in [1.165, 1.54) is 0 Å². The number of carbonyl (C=O) groups is 1. The van der Waals surface area contributed by atoms with Crippen molar-refractivity contribution < 1.29 is 4.79 Å². The molecule has 2 aromatic rings. The summed E-state index contributed by atoms with van der Waals surface area (Å²) in [6.45, 7) is 0. The summed E-state index contributed by atoms with van der Waals surface area (Å²) in [6.07, 6.45) is 0. The van der Waals surface area contributed by atoms with E-state index in [9.17, 15) is 4.79 Å². The van der Waals surface area contributed by atoms with Gasteiger partial charge >= 0.3 is 0 Å². The van der Waals surface area contributed by atoms with Crippen LogP contribution in [0.15, 0.2) is 54.6 Å². The average molecular weight is 237 g/mol. The first-order valence-corrected chi connectivity index (χ1v) is 5.41. The quantitative estimate of drug-likeness (QED) is 0.805. The fourth-order valence-electron chi connectivity index (χ4n) is 1.42. The molecule has 1 amide bonds. The van der Waals surface area contributed by atoms with Crippen LogP contribution in [0.1, 0.15) is 15.9 Å². The minimum Gasteiger partial charge on any atom is -0.298 e. The van der Waals surface area contributed by atoms with Gasteiger partial charge in [-0.05, 0) is 36.4 Å². The fraction of sp³-hybridized carbons (Fsp3) is 0. The average Bonchev–Trinajstić information content (AvgIpc) is 2.46. The van der Waals surface area contributed by atoms with Crippen LogP contribution < -0.4 is 10.9 Å². The molecule has 0 aliphatic rings. The van der Waals surface area contributed by atoms with Crippen LogP contribution in [0.5, 0.6) is 0 Å². The molecule has 0 radical (unpaired) electrons. The van der Waals surface area contributed by atoms with Crippen LogP contribution in [0.2, 0.25) is 0 Å². The molecule has 0 atom stereocenters. The van der Waals surface area contributed by atoms with Gasteiger partial charge in [0.05, 0.1) is 17.3 Å². The van der Waals surface area contributed by atoms with Crippen LogP contribution in [0, 0.1) is 11.3 Å². The molecule has 88 valence electrons. The van der Waals surface area contributed by atoms with Gasteiger partial charge in [-0.1, -0.05) is 18.2 Å². The Kier molecular flexibility index (Phi) is 3.57. The summed E-state index contributed by atoms with van der Waals surface area (Å²) in [5, 5.41) is 8.66. The first-order valence-electron chi connectivity index (χ1n) is 5.41. The highest BCUT2D eigenvalue weighted by molar-refractivity contribution is 5.94. The van der Waals surface area contributed by atoms with Crippen molar-refractivity contribution in [2.75, 3.05) is 5.43 Å². The maximum atomic E-state index is 11.7. The molecule has 0 spiro atoms. The number of nitriles is 1. The number of nitrogens with zero attached hydrogens (tertiary/aromatic N) is 1. The number of rotatable bonds is 3. The van der Waals surface area contributed by atoms with Crippen molar-refractivity contribution in [3.05, 3.63) is 65.7 Å². The molecular formula is C14H11N3O. The number of benzene rings is 2. The number of hydrazine groups is 1. The van der Waals surface area contributed by atoms with Crippen LogP contribution in [-0.4, -0.2) is 5.91 Å². The number of anilines is 1. The molecular weight excluding hydrogens is 226 g/mol. The van der Waals surface area contributed by atoms with Crippen molar-refractivity contribution in [1.29, 1.82) is 5.26 Å². The first kappa shape index (κ1) is 11.7. The zero-order chi connectivity index (χ0) is 12.8. The Bertz CT molecular complexity index is 570. The highest BCUT2D eigenvalue weighted by Crippen LogP contribution is 2.07. The molecule has 2 N–H and O–H groups in total. The number of hydrogen-bond acceptors (Lipinski definition) is 3. The van der Waals surface area contributed by atoms with E-state index >= 15 is 0 Å². The first-order chi connectivity index (χ1) is 8.79. The molecule has 0 fully saturated rings. The standard InChI is InChI=1S/C14H11N3O/c15-10-11-6-8-13(9-7-11)16-17-14(18)12-4-2-1-3-5-12/h1-9,16H,(H,17,18). The Morgan fingerprint density at radius 1 is 1.00 bits per heavy atom. The number of hydrogen-bond donors (Lipinski definition) is 2. The van der Waals surface area contributed by atoms with Crippen molar-refractivity contribution in [3.8, 4) is 6.07 Å². The second kappa shape index (κ2) is 5.51. The Morgan fingerprint density at radius 2 is 1.67 bits per heavy atom. The van der Waals surface area contributed by atoms with E-state index in [1.54, 1.807) is 48.5 Å². The molecule has 0 aliphatic carbocycles. The van der Waals surface area contributed by atoms with Gasteiger partial charge in [-0.15, -0.1) is 0 Å². The van der Waals surface area contributed by atoms with E-state index in [0.29, 0.717) is 11.1 Å². The molecule has 0 saturated heterocycles. The maximum Gasteiger partial charge on any atom is 0.269 e. The van der Waals surface area contributed by atoms with Gasteiger partial charge in [0.2, 0.25) is 0 Å². The summed E-state index contributed by atoms with van der Waals surface area (Å²) in [5.41, 5.74) is 7.25. The smallest absolute Gasteiger partial charge is 0.269 e. The fourth-order valence-corrected chi connectivity index (χ4v) is 1.42. The summed E-state index contributed by atoms with van der Waals surface area (Å²) in [7, 11) is 0. The largest absolute Gasteiger partial charge is 0.298 e. The summed E-state index contributed by atoms with van der Waals surface area (Å²) in [5.74, 6) is -0.208. The van der Waals surface area contributed by atoms with Crippen LogP contribution in [0.25, 0.3) is 0 Å². The normalized spacial score (nSPS) is 9.28. The Hall–Kier alpha value is -2.80. The Balaban J connectivity index is 1.95. The number of amides is 1. The summed E-state index contributed by atoms with van der Waals surface area (Å²) < 4.78 is 0. The molecule has 2 rings (SSSR count). The van der Waals surface area contributed by atoms with Gasteiger partial charge in [0.1, 0.15) is 0 Å². The van der Waals surface area contributed by atoms with Gasteiger partial charge < -0.3 is 0 Å². The molecule has 0 heterocycles. The molecule has 2 aromatic carbocycles. The van der Waals surface area contributed by atoms with Crippen molar-refractivity contribution in [1.82, 2.24) is 5.43 Å². The van der Waals surface area contributed by atoms with Gasteiger partial charge in [0, 0.05) is 5.56 Å². The van der Waals surface area contributed by atoms with E-state index in [2.05, 4.69) is 10.9 Å². The van der Waals surface area contributed by atoms with Crippen molar-refractivity contribution in [3.63, 3.8) is 0 Å². The van der Waals surface area contributed by atoms with Gasteiger partial charge in [-0.25, -0.2) is 0 Å². The minimum absolute atomic E-state index is 0.208. The van der Waals surface area contributed by atoms with Crippen LogP contribution >= 0.6 is 0 Å². The van der Waals surface area contributed by atoms with Gasteiger partial charge in [-0.2, -0.15) is 5.26 Å². The highest BCUT2D eigenvalue weighted by atomic mass is 16.2. The molecule has 4 nitrogen and oxygen atoms in total. The lowest BCUT2D eigenvalue weighted by atomic mass is 10.2. The predicted molar refractivity (Wildman–Crippen MR) is 68.7 cm³/mol. The van der Waals surface area contributed by atoms with Crippen LogP contribution in [0.3, 0.4) is 0 Å². The molecule has 0 saturated carbocycles. The third kappa shape index (κ3) is 2.86. The minimum atomic E-state index is -0.208. The van der Waals surface area contributed by atoms with Crippen LogP contribution in [0.4, 0.5) is 5.69 Å². The SMILES string of the molecule is N#Cc1ccc(NNC(=O)c2ccccc2)cc1. The van der Waals surface area contributed by atoms with E-state index in [0.717, 1.165) is 5.69 Å². The topological polar surface area (TPSA) is 64.9 Å². The van der Waals surface area contributed by atoms with Crippen molar-refractivity contribution in [2.24, 2.45) is 0 Å². The van der Waals surface area contributed by atoms with E-state index in [-0.39, 0.29) is 5.91 Å². The van der Waals surface area contributed by atoms with Gasteiger partial charge in [0.15, 0.2) is 0 Å². The zero-order valence-corrected chi connectivity index (χ0v) is 9.55. The van der Waals surface area contributed by atoms with Crippen LogP contribution in [-0.2, 0) is 0 Å². The Labute approximate surface area is 105 Å². The molecule has 0 bridgehead atoms. The lowest BCUT2D eigenvalue weighted by Crippen LogP contribution is -2.29. The van der Waals surface area contributed by atoms with Gasteiger partial charge in [-0.3, -0.25) is 15.6 Å².